The van der Waals surface area contributed by atoms with Crippen molar-refractivity contribution >= 4 is 38.1 Å². The van der Waals surface area contributed by atoms with Gasteiger partial charge in [0.25, 0.3) is 15.9 Å². The van der Waals surface area contributed by atoms with Crippen molar-refractivity contribution in [2.75, 3.05) is 16.2 Å². The van der Waals surface area contributed by atoms with E-state index >= 15 is 0 Å². The molecular formula is C20H21N3O4S2. The van der Waals surface area contributed by atoms with Crippen molar-refractivity contribution in [3.63, 3.8) is 0 Å². The van der Waals surface area contributed by atoms with E-state index in [0.29, 0.717) is 29.5 Å². The number of hydrogen-bond donors (Lipinski definition) is 1. The monoisotopic (exact) mass is 431 g/mol. The van der Waals surface area contributed by atoms with Gasteiger partial charge in [-0.15, -0.1) is 11.3 Å². The van der Waals surface area contributed by atoms with Crippen molar-refractivity contribution in [1.29, 1.82) is 0 Å². The van der Waals surface area contributed by atoms with Crippen LogP contribution in [-0.4, -0.2) is 32.0 Å². The van der Waals surface area contributed by atoms with E-state index in [1.54, 1.807) is 22.4 Å². The van der Waals surface area contributed by atoms with E-state index in [0.717, 1.165) is 5.56 Å². The molecule has 152 valence electrons. The summed E-state index contributed by atoms with van der Waals surface area (Å²) in [5, 5.41) is 2.00. The highest BCUT2D eigenvalue weighted by atomic mass is 32.2. The Morgan fingerprint density at radius 1 is 1.21 bits per heavy atom. The zero-order valence-corrected chi connectivity index (χ0v) is 17.2. The number of nitrogens with one attached hydrogen (secondary N) is 1. The van der Waals surface area contributed by atoms with Gasteiger partial charge in [0, 0.05) is 31.7 Å². The average molecular weight is 432 g/mol. The van der Waals surface area contributed by atoms with E-state index in [1.165, 1.54) is 29.7 Å². The highest BCUT2D eigenvalue weighted by molar-refractivity contribution is 7.93. The molecule has 1 aromatic heterocycles. The average Bonchev–Trinajstić information content (AvgIpc) is 3.33. The third kappa shape index (κ3) is 4.10. The van der Waals surface area contributed by atoms with Crippen molar-refractivity contribution in [3.8, 4) is 5.75 Å². The van der Waals surface area contributed by atoms with Gasteiger partial charge in [-0.1, -0.05) is 18.2 Å². The lowest BCUT2D eigenvalue weighted by Crippen LogP contribution is -2.32. The zero-order chi connectivity index (χ0) is 20.4. The van der Waals surface area contributed by atoms with Gasteiger partial charge in [-0.05, 0) is 42.8 Å². The third-order valence-corrected chi connectivity index (χ3v) is 6.80. The Morgan fingerprint density at radius 2 is 1.97 bits per heavy atom. The Bertz CT molecular complexity index is 1120. The van der Waals surface area contributed by atoms with E-state index in [4.69, 9.17) is 4.74 Å². The van der Waals surface area contributed by atoms with Crippen molar-refractivity contribution in [1.82, 2.24) is 4.98 Å². The maximum atomic E-state index is 12.8. The number of sulfonamides is 1. The third-order valence-electron chi connectivity index (χ3n) is 4.63. The summed E-state index contributed by atoms with van der Waals surface area (Å²) < 4.78 is 33.2. The molecule has 2 aromatic carbocycles. The molecule has 1 unspecified atom stereocenters. The molecule has 9 heteroatoms. The van der Waals surface area contributed by atoms with Crippen LogP contribution in [-0.2, 0) is 14.8 Å². The number of ether oxygens (including phenoxy) is 1. The highest BCUT2D eigenvalue weighted by Crippen LogP contribution is 2.27. The number of aryl methyl sites for hydroxylation is 1. The molecule has 4 rings (SSSR count). The molecule has 0 radical (unpaired) electrons. The second-order valence-corrected chi connectivity index (χ2v) is 9.16. The molecule has 3 aromatic rings. The van der Waals surface area contributed by atoms with E-state index in [2.05, 4.69) is 9.71 Å². The van der Waals surface area contributed by atoms with Crippen LogP contribution in [0.2, 0.25) is 0 Å². The number of thiazole rings is 1. The summed E-state index contributed by atoms with van der Waals surface area (Å²) in [6.45, 7) is 2.45. The maximum absolute atomic E-state index is 12.8. The summed E-state index contributed by atoms with van der Waals surface area (Å²) in [4.78, 5) is 18.4. The van der Waals surface area contributed by atoms with Crippen molar-refractivity contribution < 1.29 is 19.4 Å². The Balaban J connectivity index is 0.00000256. The predicted octanol–water partition coefficient (Wildman–Crippen LogP) is 3.68. The van der Waals surface area contributed by atoms with Crippen LogP contribution in [0.25, 0.3) is 0 Å². The molecule has 29 heavy (non-hydrogen) atoms. The number of nitrogens with zero attached hydrogens (tertiary/aromatic N) is 2. The molecule has 1 atom stereocenters. The number of hydrogen-bond acceptors (Lipinski definition) is 6. The standard InChI is InChI=1S/C20H19N3O4S2.H2/c1-14-4-2-3-5-17(14)27-18-10-12-23(19(18)24)15-6-8-16(9-7-15)29(25,26)22-20-21-11-13-28-20;/h2-9,11,13,18H,10,12H2,1H3,(H,21,22);1H. The molecule has 1 amide bonds. The minimum Gasteiger partial charge on any atom is -0.480 e. The molecule has 1 N–H and O–H groups in total. The largest absolute Gasteiger partial charge is 0.480 e. The number of benzene rings is 2. The van der Waals surface area contributed by atoms with Crippen molar-refractivity contribution in [3.05, 3.63) is 65.7 Å². The lowest BCUT2D eigenvalue weighted by molar-refractivity contribution is -0.122. The summed E-state index contributed by atoms with van der Waals surface area (Å²) in [7, 11) is -3.72. The van der Waals surface area contributed by atoms with Gasteiger partial charge in [0.05, 0.1) is 4.90 Å². The lowest BCUT2D eigenvalue weighted by Gasteiger charge is -2.18. The first kappa shape index (κ1) is 19.4. The molecule has 0 bridgehead atoms. The minimum absolute atomic E-state index is 0. The van der Waals surface area contributed by atoms with Crippen LogP contribution in [0.1, 0.15) is 13.4 Å². The molecule has 1 aliphatic heterocycles. The molecular weight excluding hydrogens is 410 g/mol. The number of carbonyl (C=O) groups is 1. The summed E-state index contributed by atoms with van der Waals surface area (Å²) in [5.74, 6) is 0.562. The number of aromatic nitrogens is 1. The second-order valence-electron chi connectivity index (χ2n) is 6.59. The van der Waals surface area contributed by atoms with Gasteiger partial charge >= 0.3 is 0 Å². The first-order chi connectivity index (χ1) is 13.9. The van der Waals surface area contributed by atoms with Crippen LogP contribution in [0.5, 0.6) is 5.75 Å². The number of carbonyl (C=O) groups excluding carboxylic acids is 1. The van der Waals surface area contributed by atoms with Gasteiger partial charge < -0.3 is 9.64 Å². The molecule has 1 saturated heterocycles. The van der Waals surface area contributed by atoms with Crippen LogP contribution >= 0.6 is 11.3 Å². The van der Waals surface area contributed by atoms with E-state index in [9.17, 15) is 13.2 Å². The fourth-order valence-corrected chi connectivity index (χ4v) is 4.90. The van der Waals surface area contributed by atoms with Crippen LogP contribution < -0.4 is 14.4 Å². The molecule has 0 aliphatic carbocycles. The van der Waals surface area contributed by atoms with Gasteiger partial charge in [-0.2, -0.15) is 0 Å². The Kier molecular flexibility index (Phi) is 5.25. The van der Waals surface area contributed by atoms with Gasteiger partial charge in [-0.25, -0.2) is 13.4 Å². The van der Waals surface area contributed by atoms with Crippen LogP contribution in [0.4, 0.5) is 10.8 Å². The summed E-state index contributed by atoms with van der Waals surface area (Å²) in [5.41, 5.74) is 1.61. The summed E-state index contributed by atoms with van der Waals surface area (Å²) >= 11 is 1.20. The quantitative estimate of drug-likeness (QED) is 0.643. The fraction of sp³-hybridized carbons (Fsp3) is 0.200. The lowest BCUT2D eigenvalue weighted by atomic mass is 10.2. The molecule has 2 heterocycles. The van der Waals surface area contributed by atoms with Crippen LogP contribution in [0, 0.1) is 6.92 Å². The Morgan fingerprint density at radius 3 is 2.66 bits per heavy atom. The predicted molar refractivity (Wildman–Crippen MR) is 114 cm³/mol. The van der Waals surface area contributed by atoms with Gasteiger partial charge in [0.15, 0.2) is 11.2 Å². The molecule has 0 spiro atoms. The Hall–Kier alpha value is -2.91. The zero-order valence-electron chi connectivity index (χ0n) is 15.6. The number of para-hydroxylation sites is 1. The minimum atomic E-state index is -3.72. The van der Waals surface area contributed by atoms with Crippen LogP contribution in [0.15, 0.2) is 65.0 Å². The second kappa shape index (κ2) is 7.84. The van der Waals surface area contributed by atoms with E-state index in [-0.39, 0.29) is 12.2 Å². The van der Waals surface area contributed by atoms with Crippen molar-refractivity contribution in [2.24, 2.45) is 0 Å². The van der Waals surface area contributed by atoms with Gasteiger partial charge in [0.2, 0.25) is 0 Å². The molecule has 1 fully saturated rings. The van der Waals surface area contributed by atoms with Gasteiger partial charge in [0.1, 0.15) is 5.75 Å². The van der Waals surface area contributed by atoms with E-state index < -0.39 is 16.1 Å². The van der Waals surface area contributed by atoms with Crippen molar-refractivity contribution in [2.45, 2.75) is 24.3 Å². The summed E-state index contributed by atoms with van der Waals surface area (Å²) in [6, 6.07) is 13.8. The molecule has 7 nitrogen and oxygen atoms in total. The van der Waals surface area contributed by atoms with Gasteiger partial charge in [-0.3, -0.25) is 9.52 Å². The summed E-state index contributed by atoms with van der Waals surface area (Å²) in [6.07, 6.45) is 1.55. The smallest absolute Gasteiger partial charge is 0.268 e. The first-order valence-electron chi connectivity index (χ1n) is 9.00. The first-order valence-corrected chi connectivity index (χ1v) is 11.4. The SMILES string of the molecule is Cc1ccccc1OC1CCN(c2ccc(S(=O)(=O)Nc3nccs3)cc2)C1=O.[HH]. The Labute approximate surface area is 174 Å². The molecule has 0 saturated carbocycles. The molecule has 1 aliphatic rings. The number of rotatable bonds is 6. The van der Waals surface area contributed by atoms with Crippen LogP contribution in [0.3, 0.4) is 0 Å². The normalized spacial score (nSPS) is 16.8. The fourth-order valence-electron chi connectivity index (χ4n) is 3.11. The topological polar surface area (TPSA) is 88.6 Å². The maximum Gasteiger partial charge on any atom is 0.268 e. The number of anilines is 2. The number of amides is 1. The van der Waals surface area contributed by atoms with E-state index in [1.807, 2.05) is 31.2 Å². The highest BCUT2D eigenvalue weighted by Gasteiger charge is 2.34.